The van der Waals surface area contributed by atoms with Crippen LogP contribution in [0.25, 0.3) is 16.5 Å². The topological polar surface area (TPSA) is 48.6 Å². The van der Waals surface area contributed by atoms with Gasteiger partial charge >= 0.3 is 0 Å². The van der Waals surface area contributed by atoms with Crippen LogP contribution in [0.1, 0.15) is 54.1 Å². The molecular formula is C34H40N2O2. The van der Waals surface area contributed by atoms with Crippen molar-refractivity contribution in [3.8, 4) is 0 Å². The number of aliphatic hydroxyl groups excluding tert-OH is 1. The highest BCUT2D eigenvalue weighted by Crippen LogP contribution is 2.34. The number of hydrogen-bond donors (Lipinski definition) is 2. The first-order valence-corrected chi connectivity index (χ1v) is 14.2. The minimum Gasteiger partial charge on any atom is -0.461 e. The van der Waals surface area contributed by atoms with Crippen molar-refractivity contribution in [1.29, 1.82) is 0 Å². The molecule has 1 atom stereocenters. The van der Waals surface area contributed by atoms with Gasteiger partial charge in [-0.05, 0) is 79.2 Å². The maximum atomic E-state index is 9.38. The van der Waals surface area contributed by atoms with Gasteiger partial charge in [0.25, 0.3) is 0 Å². The van der Waals surface area contributed by atoms with Crippen LogP contribution >= 0.6 is 0 Å². The van der Waals surface area contributed by atoms with E-state index in [1.165, 1.54) is 34.1 Å². The minimum absolute atomic E-state index is 0.132. The van der Waals surface area contributed by atoms with E-state index in [0.29, 0.717) is 0 Å². The van der Waals surface area contributed by atoms with E-state index < -0.39 is 0 Å². The number of allylic oxidation sites excluding steroid dienone is 2. The van der Waals surface area contributed by atoms with E-state index in [0.717, 1.165) is 69.8 Å². The fraction of sp³-hybridized carbons (Fsp3) is 0.353. The lowest BCUT2D eigenvalue weighted by Gasteiger charge is -2.18. The van der Waals surface area contributed by atoms with Gasteiger partial charge in [-0.25, -0.2) is 0 Å². The standard InChI is InChI=1S/C34H40N2O2/c37-23-8-7-14-29(27-10-3-1-4-11-27)26-33(28-12-5-2-6-13-28)30-15-16-34-31(24-30)25-32(38-34)17-21-36-20-9-18-35-19-22-36/h1-6,10-13,15-16,24-26,33,35,37H,7-9,14,17-23H2. The van der Waals surface area contributed by atoms with Crippen LogP contribution in [0.5, 0.6) is 0 Å². The lowest BCUT2D eigenvalue weighted by molar-refractivity contribution is 0.285. The molecule has 0 amide bonds. The number of hydrogen-bond acceptors (Lipinski definition) is 4. The Morgan fingerprint density at radius 1 is 0.895 bits per heavy atom. The van der Waals surface area contributed by atoms with Gasteiger partial charge in [0, 0.05) is 44.0 Å². The average molecular weight is 509 g/mol. The third-order valence-electron chi connectivity index (χ3n) is 7.58. The first kappa shape index (κ1) is 26.4. The van der Waals surface area contributed by atoms with Gasteiger partial charge in [-0.2, -0.15) is 0 Å². The van der Waals surface area contributed by atoms with Gasteiger partial charge in [-0.15, -0.1) is 0 Å². The zero-order valence-electron chi connectivity index (χ0n) is 22.3. The molecule has 5 rings (SSSR count). The average Bonchev–Trinajstić information content (AvgIpc) is 3.19. The normalized spacial score (nSPS) is 16.0. The van der Waals surface area contributed by atoms with Crippen molar-refractivity contribution >= 4 is 16.5 Å². The first-order valence-electron chi connectivity index (χ1n) is 14.2. The van der Waals surface area contributed by atoms with Crippen LogP contribution in [-0.2, 0) is 6.42 Å². The third kappa shape index (κ3) is 7.02. The van der Waals surface area contributed by atoms with Gasteiger partial charge in [0.1, 0.15) is 11.3 Å². The van der Waals surface area contributed by atoms with Crippen molar-refractivity contribution in [3.63, 3.8) is 0 Å². The Labute approximate surface area is 227 Å². The summed E-state index contributed by atoms with van der Waals surface area (Å²) >= 11 is 0. The minimum atomic E-state index is 0.132. The molecule has 1 unspecified atom stereocenters. The van der Waals surface area contributed by atoms with E-state index in [2.05, 4.69) is 101 Å². The lowest BCUT2D eigenvalue weighted by Crippen LogP contribution is -2.29. The van der Waals surface area contributed by atoms with E-state index >= 15 is 0 Å². The number of nitrogens with zero attached hydrogens (tertiary/aromatic N) is 1. The number of fused-ring (bicyclic) bond motifs is 1. The fourth-order valence-corrected chi connectivity index (χ4v) is 5.48. The molecule has 1 aliphatic heterocycles. The fourth-order valence-electron chi connectivity index (χ4n) is 5.48. The molecule has 1 aliphatic rings. The Bertz CT molecular complexity index is 1290. The number of benzene rings is 3. The van der Waals surface area contributed by atoms with Crippen molar-refractivity contribution < 1.29 is 9.52 Å². The van der Waals surface area contributed by atoms with E-state index in [1.807, 2.05) is 0 Å². The maximum Gasteiger partial charge on any atom is 0.134 e. The molecule has 38 heavy (non-hydrogen) atoms. The molecule has 0 radical (unpaired) electrons. The molecule has 2 heterocycles. The van der Waals surface area contributed by atoms with Gasteiger partial charge in [-0.3, -0.25) is 0 Å². The predicted molar refractivity (Wildman–Crippen MR) is 157 cm³/mol. The van der Waals surface area contributed by atoms with Crippen LogP contribution in [-0.4, -0.2) is 49.3 Å². The third-order valence-corrected chi connectivity index (χ3v) is 7.58. The van der Waals surface area contributed by atoms with E-state index in [1.54, 1.807) is 0 Å². The molecule has 4 nitrogen and oxygen atoms in total. The van der Waals surface area contributed by atoms with Crippen LogP contribution in [0.2, 0.25) is 0 Å². The largest absolute Gasteiger partial charge is 0.461 e. The van der Waals surface area contributed by atoms with Gasteiger partial charge in [-0.1, -0.05) is 72.8 Å². The second-order valence-corrected chi connectivity index (χ2v) is 10.3. The Morgan fingerprint density at radius 2 is 1.71 bits per heavy atom. The van der Waals surface area contributed by atoms with Crippen molar-refractivity contribution in [3.05, 3.63) is 113 Å². The van der Waals surface area contributed by atoms with Gasteiger partial charge in [0.15, 0.2) is 0 Å². The van der Waals surface area contributed by atoms with Crippen LogP contribution < -0.4 is 5.32 Å². The molecule has 4 aromatic rings. The Kier molecular flexibility index (Phi) is 9.43. The number of unbranched alkanes of at least 4 members (excludes halogenated alkanes) is 1. The van der Waals surface area contributed by atoms with Crippen LogP contribution in [0.4, 0.5) is 0 Å². The molecule has 0 saturated carbocycles. The summed E-state index contributed by atoms with van der Waals surface area (Å²) in [6, 6.07) is 30.3. The molecule has 198 valence electrons. The molecule has 0 spiro atoms. The summed E-state index contributed by atoms with van der Waals surface area (Å²) in [6.45, 7) is 5.73. The van der Waals surface area contributed by atoms with Crippen molar-refractivity contribution in [1.82, 2.24) is 10.2 Å². The number of rotatable bonds is 11. The molecule has 1 saturated heterocycles. The summed E-state index contributed by atoms with van der Waals surface area (Å²) in [4.78, 5) is 2.54. The Balaban J connectivity index is 1.44. The monoisotopic (exact) mass is 508 g/mol. The van der Waals surface area contributed by atoms with E-state index in [4.69, 9.17) is 4.42 Å². The summed E-state index contributed by atoms with van der Waals surface area (Å²) in [7, 11) is 0. The van der Waals surface area contributed by atoms with Crippen LogP contribution in [0, 0.1) is 0 Å². The van der Waals surface area contributed by atoms with Crippen LogP contribution in [0.3, 0.4) is 0 Å². The lowest BCUT2D eigenvalue weighted by atomic mass is 9.86. The van der Waals surface area contributed by atoms with Gasteiger partial charge in [0.2, 0.25) is 0 Å². The summed E-state index contributed by atoms with van der Waals surface area (Å²) < 4.78 is 6.27. The Morgan fingerprint density at radius 3 is 2.53 bits per heavy atom. The molecule has 0 aliphatic carbocycles. The second kappa shape index (κ2) is 13.6. The van der Waals surface area contributed by atoms with Crippen LogP contribution in [0.15, 0.2) is 95.4 Å². The molecule has 1 fully saturated rings. The summed E-state index contributed by atoms with van der Waals surface area (Å²) in [5, 5.41) is 14.0. The second-order valence-electron chi connectivity index (χ2n) is 10.3. The number of furan rings is 1. The number of nitrogens with one attached hydrogen (secondary N) is 1. The first-order chi connectivity index (χ1) is 18.8. The highest BCUT2D eigenvalue weighted by atomic mass is 16.3. The summed E-state index contributed by atoms with van der Waals surface area (Å²) in [5.74, 6) is 1.20. The quantitative estimate of drug-likeness (QED) is 0.223. The summed E-state index contributed by atoms with van der Waals surface area (Å²) in [5.41, 5.74) is 6.09. The maximum absolute atomic E-state index is 9.38. The molecule has 0 bridgehead atoms. The SMILES string of the molecule is OCCCCC(=CC(c1ccccc1)c1ccc2oc(CCN3CCCNCC3)cc2c1)c1ccccc1. The molecule has 3 aromatic carbocycles. The molecule has 2 N–H and O–H groups in total. The summed E-state index contributed by atoms with van der Waals surface area (Å²) in [6.07, 6.45) is 7.31. The predicted octanol–water partition coefficient (Wildman–Crippen LogP) is 6.65. The van der Waals surface area contributed by atoms with Gasteiger partial charge < -0.3 is 19.7 Å². The molecular weight excluding hydrogens is 468 g/mol. The highest BCUT2D eigenvalue weighted by molar-refractivity contribution is 5.79. The van der Waals surface area contributed by atoms with E-state index in [-0.39, 0.29) is 12.5 Å². The van der Waals surface area contributed by atoms with E-state index in [9.17, 15) is 5.11 Å². The smallest absolute Gasteiger partial charge is 0.134 e. The van der Waals surface area contributed by atoms with Crippen molar-refractivity contribution in [2.75, 3.05) is 39.3 Å². The highest BCUT2D eigenvalue weighted by Gasteiger charge is 2.16. The zero-order chi connectivity index (χ0) is 26.0. The van der Waals surface area contributed by atoms with Crippen molar-refractivity contribution in [2.45, 2.75) is 38.0 Å². The number of aliphatic hydroxyl groups is 1. The molecule has 1 aromatic heterocycles. The van der Waals surface area contributed by atoms with Gasteiger partial charge in [0.05, 0.1) is 0 Å². The van der Waals surface area contributed by atoms with Crippen molar-refractivity contribution in [2.24, 2.45) is 0 Å². The Hall–Kier alpha value is -3.18. The molecule has 4 heteroatoms. The zero-order valence-corrected chi connectivity index (χ0v) is 22.3.